The summed E-state index contributed by atoms with van der Waals surface area (Å²) in [5.74, 6) is -1.93. The molecule has 0 saturated carbocycles. The number of rotatable bonds is 1. The number of carbonyl (C=O) groups is 1. The molecular weight excluding hydrogens is 297 g/mol. The van der Waals surface area contributed by atoms with E-state index in [0.29, 0.717) is 3.57 Å². The molecule has 1 rings (SSSR count). The summed E-state index contributed by atoms with van der Waals surface area (Å²) >= 11 is 7.22. The van der Waals surface area contributed by atoms with Crippen LogP contribution in [0.4, 0.5) is 4.39 Å². The van der Waals surface area contributed by atoms with Crippen molar-refractivity contribution >= 4 is 40.2 Å². The Kier molecular flexibility index (Phi) is 2.89. The van der Waals surface area contributed by atoms with Gasteiger partial charge in [0.1, 0.15) is 5.82 Å². The first-order chi connectivity index (χ1) is 5.54. The molecule has 0 aliphatic rings. The maximum atomic E-state index is 12.7. The molecular formula is C7H3ClFIO2. The summed E-state index contributed by atoms with van der Waals surface area (Å²) in [5, 5.41) is 8.28. The van der Waals surface area contributed by atoms with Crippen LogP contribution in [0, 0.1) is 9.39 Å². The molecule has 0 radical (unpaired) electrons. The van der Waals surface area contributed by atoms with Crippen LogP contribution in [0.1, 0.15) is 10.4 Å². The van der Waals surface area contributed by atoms with Gasteiger partial charge in [0.05, 0.1) is 10.6 Å². The van der Waals surface area contributed by atoms with Crippen molar-refractivity contribution in [3.63, 3.8) is 0 Å². The molecule has 12 heavy (non-hydrogen) atoms. The van der Waals surface area contributed by atoms with Crippen LogP contribution < -0.4 is 0 Å². The molecule has 0 bridgehead atoms. The first-order valence-electron chi connectivity index (χ1n) is 2.91. The van der Waals surface area contributed by atoms with Crippen molar-refractivity contribution in [2.24, 2.45) is 0 Å². The van der Waals surface area contributed by atoms with Crippen LogP contribution in [0.5, 0.6) is 0 Å². The topological polar surface area (TPSA) is 37.3 Å². The van der Waals surface area contributed by atoms with E-state index in [1.165, 1.54) is 6.07 Å². The van der Waals surface area contributed by atoms with E-state index in [-0.39, 0.29) is 10.6 Å². The molecule has 2 nitrogen and oxygen atoms in total. The van der Waals surface area contributed by atoms with Crippen molar-refractivity contribution < 1.29 is 14.3 Å². The Bertz CT molecular complexity index is 340. The molecule has 0 aliphatic heterocycles. The smallest absolute Gasteiger partial charge is 0.338 e. The van der Waals surface area contributed by atoms with Crippen molar-refractivity contribution in [1.82, 2.24) is 0 Å². The van der Waals surface area contributed by atoms with E-state index >= 15 is 0 Å². The molecule has 1 aromatic carbocycles. The zero-order chi connectivity index (χ0) is 9.30. The van der Waals surface area contributed by atoms with E-state index in [0.717, 1.165) is 6.07 Å². The monoisotopic (exact) mass is 300 g/mol. The van der Waals surface area contributed by atoms with Crippen LogP contribution in [0.3, 0.4) is 0 Å². The third-order valence-corrected chi connectivity index (χ3v) is 2.53. The van der Waals surface area contributed by atoms with Gasteiger partial charge in [0.2, 0.25) is 0 Å². The van der Waals surface area contributed by atoms with E-state index in [4.69, 9.17) is 16.7 Å². The highest BCUT2D eigenvalue weighted by atomic mass is 127. The van der Waals surface area contributed by atoms with Gasteiger partial charge in [-0.05, 0) is 34.7 Å². The summed E-state index contributed by atoms with van der Waals surface area (Å²) in [6, 6.07) is 2.50. The van der Waals surface area contributed by atoms with E-state index < -0.39 is 11.8 Å². The van der Waals surface area contributed by atoms with Crippen LogP contribution in [-0.4, -0.2) is 11.1 Å². The zero-order valence-electron chi connectivity index (χ0n) is 5.64. The number of hydrogen-bond acceptors (Lipinski definition) is 1. The van der Waals surface area contributed by atoms with Crippen LogP contribution in [-0.2, 0) is 0 Å². The molecule has 0 aliphatic carbocycles. The number of halogens is 3. The van der Waals surface area contributed by atoms with Crippen molar-refractivity contribution in [3.05, 3.63) is 32.1 Å². The van der Waals surface area contributed by atoms with Crippen LogP contribution >= 0.6 is 34.2 Å². The summed E-state index contributed by atoms with van der Waals surface area (Å²) in [7, 11) is 0. The van der Waals surface area contributed by atoms with Gasteiger partial charge in [-0.15, -0.1) is 0 Å². The summed E-state index contributed by atoms with van der Waals surface area (Å²) in [5.41, 5.74) is -0.183. The maximum absolute atomic E-state index is 12.7. The minimum absolute atomic E-state index is 0.183. The quantitative estimate of drug-likeness (QED) is 0.639. The summed E-state index contributed by atoms with van der Waals surface area (Å²) in [6.45, 7) is 0. The Morgan fingerprint density at radius 1 is 1.58 bits per heavy atom. The molecule has 1 aromatic rings. The molecule has 0 aromatic heterocycles. The molecule has 1 N–H and O–H groups in total. The molecule has 0 fully saturated rings. The second-order valence-electron chi connectivity index (χ2n) is 2.02. The fourth-order valence-corrected chi connectivity index (χ4v) is 1.81. The Morgan fingerprint density at radius 2 is 2.17 bits per heavy atom. The minimum Gasteiger partial charge on any atom is -0.478 e. The van der Waals surface area contributed by atoms with Gasteiger partial charge in [0, 0.05) is 3.57 Å². The summed E-state index contributed by atoms with van der Waals surface area (Å²) < 4.78 is 13.1. The maximum Gasteiger partial charge on any atom is 0.338 e. The lowest BCUT2D eigenvalue weighted by Crippen LogP contribution is -2.02. The lowest BCUT2D eigenvalue weighted by Gasteiger charge is -2.01. The number of benzene rings is 1. The largest absolute Gasteiger partial charge is 0.478 e. The molecule has 0 spiro atoms. The van der Waals surface area contributed by atoms with Crippen molar-refractivity contribution in [1.29, 1.82) is 0 Å². The van der Waals surface area contributed by atoms with Gasteiger partial charge in [0.25, 0.3) is 0 Å². The van der Waals surface area contributed by atoms with Gasteiger partial charge < -0.3 is 5.11 Å². The predicted molar refractivity (Wildman–Crippen MR) is 51.1 cm³/mol. The highest BCUT2D eigenvalue weighted by Crippen LogP contribution is 2.24. The van der Waals surface area contributed by atoms with Crippen LogP contribution in [0.25, 0.3) is 0 Å². The molecule has 5 heteroatoms. The van der Waals surface area contributed by atoms with Crippen molar-refractivity contribution in [2.45, 2.75) is 0 Å². The lowest BCUT2D eigenvalue weighted by atomic mass is 10.2. The van der Waals surface area contributed by atoms with Crippen LogP contribution in [0.15, 0.2) is 12.1 Å². The second kappa shape index (κ2) is 3.57. The third-order valence-electron chi connectivity index (χ3n) is 1.26. The number of carboxylic acid groups (broad SMARTS) is 1. The fourth-order valence-electron chi connectivity index (χ4n) is 0.723. The molecule has 0 heterocycles. The number of carboxylic acids is 1. The van der Waals surface area contributed by atoms with Gasteiger partial charge in [-0.3, -0.25) is 0 Å². The predicted octanol–water partition coefficient (Wildman–Crippen LogP) is 2.78. The van der Waals surface area contributed by atoms with Gasteiger partial charge in [-0.25, -0.2) is 9.18 Å². The van der Waals surface area contributed by atoms with Crippen LogP contribution in [0.2, 0.25) is 5.02 Å². The average Bonchev–Trinajstić information content (AvgIpc) is 1.97. The van der Waals surface area contributed by atoms with E-state index in [2.05, 4.69) is 0 Å². The van der Waals surface area contributed by atoms with Gasteiger partial charge in [0.15, 0.2) is 0 Å². The Labute approximate surface area is 86.5 Å². The SMILES string of the molecule is O=C(O)c1c(I)ccc(F)c1Cl. The Balaban J connectivity index is 3.43. The van der Waals surface area contributed by atoms with Gasteiger partial charge in [-0.2, -0.15) is 0 Å². The van der Waals surface area contributed by atoms with Crippen molar-refractivity contribution in [2.75, 3.05) is 0 Å². The third kappa shape index (κ3) is 1.69. The average molecular weight is 300 g/mol. The van der Waals surface area contributed by atoms with Gasteiger partial charge in [-0.1, -0.05) is 11.6 Å². The molecule has 0 saturated heterocycles. The first-order valence-corrected chi connectivity index (χ1v) is 4.36. The molecule has 0 unspecified atom stereocenters. The summed E-state index contributed by atoms with van der Waals surface area (Å²) in [6.07, 6.45) is 0. The Morgan fingerprint density at radius 3 is 2.58 bits per heavy atom. The van der Waals surface area contributed by atoms with E-state index in [9.17, 15) is 9.18 Å². The lowest BCUT2D eigenvalue weighted by molar-refractivity contribution is 0.0695. The fraction of sp³-hybridized carbons (Fsp3) is 0. The molecule has 0 amide bonds. The standard InChI is InChI=1S/C7H3ClFIO2/c8-6-3(9)1-2-4(10)5(6)7(11)12/h1-2H,(H,11,12). The summed E-state index contributed by atoms with van der Waals surface area (Å²) in [4.78, 5) is 10.5. The Hall–Kier alpha value is -0.360. The van der Waals surface area contributed by atoms with Gasteiger partial charge >= 0.3 is 5.97 Å². The highest BCUT2D eigenvalue weighted by molar-refractivity contribution is 14.1. The van der Waals surface area contributed by atoms with Crippen molar-refractivity contribution in [3.8, 4) is 0 Å². The second-order valence-corrected chi connectivity index (χ2v) is 3.56. The highest BCUT2D eigenvalue weighted by Gasteiger charge is 2.15. The molecule has 64 valence electrons. The minimum atomic E-state index is -1.22. The zero-order valence-corrected chi connectivity index (χ0v) is 8.56. The number of aromatic carboxylic acids is 1. The first kappa shape index (κ1) is 9.73. The number of hydrogen-bond donors (Lipinski definition) is 1. The molecule has 0 atom stereocenters. The van der Waals surface area contributed by atoms with E-state index in [1.807, 2.05) is 0 Å². The van der Waals surface area contributed by atoms with E-state index in [1.54, 1.807) is 22.6 Å². The normalized spacial score (nSPS) is 9.92.